The van der Waals surface area contributed by atoms with Crippen LogP contribution in [0.4, 0.5) is 17.6 Å². The number of alkyl halides is 3. The van der Waals surface area contributed by atoms with Crippen molar-refractivity contribution in [3.05, 3.63) is 29.6 Å². The fourth-order valence-electron chi connectivity index (χ4n) is 2.25. The molecule has 4 nitrogen and oxygen atoms in total. The second kappa shape index (κ2) is 5.88. The number of phenolic OH excluding ortho intramolecular Hbond substituents is 1. The molecule has 116 valence electrons. The van der Waals surface area contributed by atoms with E-state index in [1.165, 1.54) is 6.07 Å². The zero-order valence-corrected chi connectivity index (χ0v) is 10.9. The molecule has 8 heteroatoms. The molecule has 1 aromatic carbocycles. The van der Waals surface area contributed by atoms with E-state index in [1.807, 2.05) is 0 Å². The predicted octanol–water partition coefficient (Wildman–Crippen LogP) is 1.94. The van der Waals surface area contributed by atoms with Crippen LogP contribution in [0.25, 0.3) is 0 Å². The van der Waals surface area contributed by atoms with Crippen molar-refractivity contribution in [2.24, 2.45) is 0 Å². The summed E-state index contributed by atoms with van der Waals surface area (Å²) < 4.78 is 50.9. The van der Waals surface area contributed by atoms with Crippen molar-refractivity contribution in [1.29, 1.82) is 0 Å². The normalized spacial score (nSPS) is 22.9. The number of benzene rings is 1. The smallest absolute Gasteiger partial charge is 0.403 e. The van der Waals surface area contributed by atoms with Gasteiger partial charge < -0.3 is 15.7 Å². The molecule has 1 fully saturated rings. The Balaban J connectivity index is 1.96. The third kappa shape index (κ3) is 3.63. The van der Waals surface area contributed by atoms with E-state index in [0.717, 1.165) is 12.1 Å². The van der Waals surface area contributed by atoms with Gasteiger partial charge in [0, 0.05) is 12.6 Å². The van der Waals surface area contributed by atoms with Gasteiger partial charge in [0.2, 0.25) is 0 Å². The highest BCUT2D eigenvalue weighted by atomic mass is 19.4. The SMILES string of the molecule is O=C(NC1CCC(C(F)(F)F)NC1)c1c(O)cccc1F. The number of piperidine rings is 1. The molecular formula is C13H14F4N2O2. The van der Waals surface area contributed by atoms with Crippen LogP contribution in [-0.2, 0) is 0 Å². The van der Waals surface area contributed by atoms with E-state index in [-0.39, 0.29) is 19.4 Å². The molecule has 1 aliphatic heterocycles. The Morgan fingerprint density at radius 3 is 2.57 bits per heavy atom. The minimum Gasteiger partial charge on any atom is -0.507 e. The fourth-order valence-corrected chi connectivity index (χ4v) is 2.25. The van der Waals surface area contributed by atoms with Crippen molar-refractivity contribution in [3.63, 3.8) is 0 Å². The number of amides is 1. The van der Waals surface area contributed by atoms with Crippen molar-refractivity contribution in [2.75, 3.05) is 6.54 Å². The van der Waals surface area contributed by atoms with Crippen molar-refractivity contribution >= 4 is 5.91 Å². The first-order valence-electron chi connectivity index (χ1n) is 6.37. The standard InChI is InChI=1S/C13H14F4N2O2/c14-8-2-1-3-9(20)11(8)12(21)19-7-4-5-10(18-6-7)13(15,16)17/h1-3,7,10,18,20H,4-6H2,(H,19,21). The highest BCUT2D eigenvalue weighted by Crippen LogP contribution is 2.26. The highest BCUT2D eigenvalue weighted by molar-refractivity contribution is 5.97. The molecule has 1 heterocycles. The van der Waals surface area contributed by atoms with Crippen LogP contribution in [0.1, 0.15) is 23.2 Å². The molecule has 0 aliphatic carbocycles. The Morgan fingerprint density at radius 2 is 2.05 bits per heavy atom. The van der Waals surface area contributed by atoms with Gasteiger partial charge in [0.05, 0.1) is 0 Å². The van der Waals surface area contributed by atoms with Gasteiger partial charge >= 0.3 is 6.18 Å². The highest BCUT2D eigenvalue weighted by Gasteiger charge is 2.41. The van der Waals surface area contributed by atoms with Crippen LogP contribution in [0.15, 0.2) is 18.2 Å². The molecule has 0 saturated carbocycles. The van der Waals surface area contributed by atoms with E-state index in [9.17, 15) is 27.5 Å². The summed E-state index contributed by atoms with van der Waals surface area (Å²) in [5.41, 5.74) is -0.504. The van der Waals surface area contributed by atoms with Gasteiger partial charge in [-0.1, -0.05) is 6.07 Å². The van der Waals surface area contributed by atoms with Gasteiger partial charge in [-0.05, 0) is 25.0 Å². The summed E-state index contributed by atoms with van der Waals surface area (Å²) in [6.07, 6.45) is -4.37. The van der Waals surface area contributed by atoms with Gasteiger partial charge in [0.25, 0.3) is 5.91 Å². The summed E-state index contributed by atoms with van der Waals surface area (Å²) in [5, 5.41) is 14.2. The van der Waals surface area contributed by atoms with E-state index >= 15 is 0 Å². The second-order valence-electron chi connectivity index (χ2n) is 4.88. The Hall–Kier alpha value is -1.83. The largest absolute Gasteiger partial charge is 0.507 e. The Labute approximate surface area is 118 Å². The maximum atomic E-state index is 13.5. The number of carbonyl (C=O) groups excluding carboxylic acids is 1. The third-order valence-corrected chi connectivity index (χ3v) is 3.36. The molecule has 0 spiro atoms. The van der Waals surface area contributed by atoms with Crippen molar-refractivity contribution in [2.45, 2.75) is 31.1 Å². The minimum absolute atomic E-state index is 0.0644. The molecular weight excluding hydrogens is 292 g/mol. The molecule has 2 unspecified atom stereocenters. The van der Waals surface area contributed by atoms with Crippen LogP contribution in [0.3, 0.4) is 0 Å². The number of aromatic hydroxyl groups is 1. The third-order valence-electron chi connectivity index (χ3n) is 3.36. The summed E-state index contributed by atoms with van der Waals surface area (Å²) >= 11 is 0. The molecule has 1 aromatic rings. The molecule has 0 radical (unpaired) electrons. The first kappa shape index (κ1) is 15.6. The predicted molar refractivity (Wildman–Crippen MR) is 66.4 cm³/mol. The van der Waals surface area contributed by atoms with Gasteiger partial charge in [0.1, 0.15) is 23.2 Å². The van der Waals surface area contributed by atoms with Crippen LogP contribution in [-0.4, -0.2) is 35.8 Å². The first-order valence-corrected chi connectivity index (χ1v) is 6.37. The molecule has 1 aliphatic rings. The number of nitrogens with one attached hydrogen (secondary N) is 2. The molecule has 2 rings (SSSR count). The number of rotatable bonds is 2. The lowest BCUT2D eigenvalue weighted by Crippen LogP contribution is -2.54. The van der Waals surface area contributed by atoms with Crippen molar-refractivity contribution in [3.8, 4) is 5.75 Å². The minimum atomic E-state index is -4.32. The van der Waals surface area contributed by atoms with E-state index in [0.29, 0.717) is 0 Å². The van der Waals surface area contributed by atoms with Gasteiger partial charge in [-0.25, -0.2) is 4.39 Å². The van der Waals surface area contributed by atoms with E-state index in [1.54, 1.807) is 0 Å². The second-order valence-corrected chi connectivity index (χ2v) is 4.88. The van der Waals surface area contributed by atoms with E-state index in [2.05, 4.69) is 10.6 Å². The van der Waals surface area contributed by atoms with E-state index < -0.39 is 41.3 Å². The number of hydrogen-bond donors (Lipinski definition) is 3. The van der Waals surface area contributed by atoms with Crippen LogP contribution >= 0.6 is 0 Å². The van der Waals surface area contributed by atoms with Gasteiger partial charge in [-0.2, -0.15) is 13.2 Å². The molecule has 1 amide bonds. The Bertz CT molecular complexity index is 505. The first-order chi connectivity index (χ1) is 9.79. The molecule has 21 heavy (non-hydrogen) atoms. The fraction of sp³-hybridized carbons (Fsp3) is 0.462. The molecule has 0 bridgehead atoms. The van der Waals surface area contributed by atoms with Crippen LogP contribution in [0, 0.1) is 5.82 Å². The monoisotopic (exact) mass is 306 g/mol. The topological polar surface area (TPSA) is 61.4 Å². The van der Waals surface area contributed by atoms with Gasteiger partial charge in [0.15, 0.2) is 0 Å². The Morgan fingerprint density at radius 1 is 1.33 bits per heavy atom. The van der Waals surface area contributed by atoms with E-state index in [4.69, 9.17) is 0 Å². The quantitative estimate of drug-likeness (QED) is 0.732. The maximum absolute atomic E-state index is 13.5. The average Bonchev–Trinajstić information content (AvgIpc) is 2.38. The number of phenols is 1. The average molecular weight is 306 g/mol. The molecule has 3 N–H and O–H groups in total. The van der Waals surface area contributed by atoms with Gasteiger partial charge in [-0.3, -0.25) is 4.79 Å². The number of carbonyl (C=O) groups is 1. The summed E-state index contributed by atoms with van der Waals surface area (Å²) in [6.45, 7) is -0.0644. The lowest BCUT2D eigenvalue weighted by molar-refractivity contribution is -0.160. The maximum Gasteiger partial charge on any atom is 0.403 e. The number of halogens is 4. The lowest BCUT2D eigenvalue weighted by atomic mass is 10.00. The summed E-state index contributed by atoms with van der Waals surface area (Å²) in [7, 11) is 0. The summed E-state index contributed by atoms with van der Waals surface area (Å²) in [4.78, 5) is 11.9. The Kier molecular flexibility index (Phi) is 4.36. The van der Waals surface area contributed by atoms with Crippen LogP contribution in [0.2, 0.25) is 0 Å². The lowest BCUT2D eigenvalue weighted by Gasteiger charge is -2.31. The van der Waals surface area contributed by atoms with Crippen LogP contribution < -0.4 is 10.6 Å². The molecule has 0 aromatic heterocycles. The molecule has 2 atom stereocenters. The van der Waals surface area contributed by atoms with Crippen LogP contribution in [0.5, 0.6) is 5.75 Å². The zero-order valence-electron chi connectivity index (χ0n) is 10.9. The van der Waals surface area contributed by atoms with Crippen molar-refractivity contribution in [1.82, 2.24) is 10.6 Å². The zero-order chi connectivity index (χ0) is 15.6. The van der Waals surface area contributed by atoms with Gasteiger partial charge in [-0.15, -0.1) is 0 Å². The molecule has 1 saturated heterocycles. The summed E-state index contributed by atoms with van der Waals surface area (Å²) in [5.74, 6) is -2.24. The number of hydrogen-bond acceptors (Lipinski definition) is 3. The van der Waals surface area contributed by atoms with Crippen molar-refractivity contribution < 1.29 is 27.5 Å². The summed E-state index contributed by atoms with van der Waals surface area (Å²) in [6, 6.07) is 1.30.